The van der Waals surface area contributed by atoms with Crippen LogP contribution in [0.15, 0.2) is 24.7 Å². The molecule has 1 amide bonds. The molecule has 3 heterocycles. The molecule has 0 spiro atoms. The molecule has 112 valence electrons. The number of hydrogen-bond acceptors (Lipinski definition) is 5. The summed E-state index contributed by atoms with van der Waals surface area (Å²) in [7, 11) is 1.66. The molecule has 2 atom stereocenters. The number of rotatable bonds is 5. The zero-order valence-electron chi connectivity index (χ0n) is 11.8. The van der Waals surface area contributed by atoms with Crippen LogP contribution in [-0.2, 0) is 16.1 Å². The number of aryl methyl sites for hydroxylation is 1. The maximum Gasteiger partial charge on any atom is 0.224 e. The van der Waals surface area contributed by atoms with Crippen LogP contribution in [0, 0.1) is 0 Å². The Hall–Kier alpha value is -2.22. The van der Waals surface area contributed by atoms with Gasteiger partial charge in [-0.15, -0.1) is 0 Å². The molecule has 0 unspecified atom stereocenters. The van der Waals surface area contributed by atoms with E-state index in [1.165, 1.54) is 0 Å². The maximum absolute atomic E-state index is 12.3. The van der Waals surface area contributed by atoms with Gasteiger partial charge in [0.15, 0.2) is 0 Å². The minimum Gasteiger partial charge on any atom is -0.379 e. The van der Waals surface area contributed by atoms with Gasteiger partial charge in [-0.05, 0) is 6.07 Å². The first-order valence-corrected chi connectivity index (χ1v) is 6.91. The van der Waals surface area contributed by atoms with E-state index >= 15 is 0 Å². The van der Waals surface area contributed by atoms with Crippen molar-refractivity contribution in [2.45, 2.75) is 25.0 Å². The minimum atomic E-state index is -0.0382. The van der Waals surface area contributed by atoms with Crippen molar-refractivity contribution in [3.8, 4) is 0 Å². The zero-order chi connectivity index (χ0) is 14.7. The molecule has 1 N–H and O–H groups in total. The smallest absolute Gasteiger partial charge is 0.224 e. The first-order chi connectivity index (χ1) is 10.3. The minimum absolute atomic E-state index is 0.0382. The number of aromatic amines is 1. The highest BCUT2D eigenvalue weighted by Gasteiger charge is 2.37. The molecule has 1 fully saturated rings. The number of ether oxygens (including phenoxy) is 1. The lowest BCUT2D eigenvalue weighted by Gasteiger charge is -2.15. The highest BCUT2D eigenvalue weighted by Crippen LogP contribution is 2.28. The Morgan fingerprint density at radius 1 is 1.52 bits per heavy atom. The average Bonchev–Trinajstić information content (AvgIpc) is 3.24. The van der Waals surface area contributed by atoms with Crippen molar-refractivity contribution in [2.24, 2.45) is 0 Å². The summed E-state index contributed by atoms with van der Waals surface area (Å²) < 4.78 is 7.25. The van der Waals surface area contributed by atoms with E-state index in [0.29, 0.717) is 26.1 Å². The fourth-order valence-corrected chi connectivity index (χ4v) is 2.69. The Balaban J connectivity index is 1.60. The summed E-state index contributed by atoms with van der Waals surface area (Å²) in [6.07, 6.45) is 5.65. The van der Waals surface area contributed by atoms with E-state index in [9.17, 15) is 4.79 Å². The van der Waals surface area contributed by atoms with Crippen LogP contribution in [0.1, 0.15) is 18.0 Å². The standard InChI is InChI=1S/C13H18N6O2/c1-21-12-9-18(8-10(12)11-7-14-17-16-11)13(20)3-6-19-5-2-4-15-19/h2,4-5,7,10,12H,3,6,8-9H2,1H3,(H,14,16,17)/t10-,12+/m0/s1. The lowest BCUT2D eigenvalue weighted by molar-refractivity contribution is -0.130. The van der Waals surface area contributed by atoms with E-state index in [0.717, 1.165) is 5.69 Å². The molecule has 0 aliphatic carbocycles. The first-order valence-electron chi connectivity index (χ1n) is 6.91. The molecule has 2 aromatic rings. The van der Waals surface area contributed by atoms with Crippen LogP contribution in [0.25, 0.3) is 0 Å². The highest BCUT2D eigenvalue weighted by atomic mass is 16.5. The summed E-state index contributed by atoms with van der Waals surface area (Å²) in [5, 5.41) is 14.6. The number of nitrogens with zero attached hydrogens (tertiary/aromatic N) is 5. The van der Waals surface area contributed by atoms with Crippen LogP contribution in [0.2, 0.25) is 0 Å². The fraction of sp³-hybridized carbons (Fsp3) is 0.538. The number of likely N-dealkylation sites (tertiary alicyclic amines) is 1. The number of hydrogen-bond donors (Lipinski definition) is 1. The molecule has 1 aliphatic rings. The van der Waals surface area contributed by atoms with E-state index in [1.807, 2.05) is 17.2 Å². The Labute approximate surface area is 122 Å². The van der Waals surface area contributed by atoms with Crippen molar-refractivity contribution in [3.05, 3.63) is 30.4 Å². The molecule has 21 heavy (non-hydrogen) atoms. The Bertz CT molecular complexity index is 568. The molecular weight excluding hydrogens is 272 g/mol. The van der Waals surface area contributed by atoms with Gasteiger partial charge in [0.05, 0.1) is 23.9 Å². The summed E-state index contributed by atoms with van der Waals surface area (Å²) in [5.74, 6) is 0.181. The van der Waals surface area contributed by atoms with Gasteiger partial charge in [-0.25, -0.2) is 0 Å². The lowest BCUT2D eigenvalue weighted by Crippen LogP contribution is -2.30. The van der Waals surface area contributed by atoms with Crippen molar-refractivity contribution in [1.29, 1.82) is 0 Å². The Morgan fingerprint density at radius 2 is 2.43 bits per heavy atom. The number of H-pyrrole nitrogens is 1. The third kappa shape index (κ3) is 2.94. The zero-order valence-corrected chi connectivity index (χ0v) is 11.8. The van der Waals surface area contributed by atoms with E-state index in [2.05, 4.69) is 20.5 Å². The third-order valence-electron chi connectivity index (χ3n) is 3.85. The monoisotopic (exact) mass is 290 g/mol. The SMILES string of the molecule is CO[C@@H]1CN(C(=O)CCn2cccn2)C[C@H]1c1cn[nH]n1. The second-order valence-corrected chi connectivity index (χ2v) is 5.09. The summed E-state index contributed by atoms with van der Waals surface area (Å²) in [5.41, 5.74) is 0.837. The molecule has 1 aliphatic heterocycles. The largest absolute Gasteiger partial charge is 0.379 e. The van der Waals surface area contributed by atoms with Gasteiger partial charge in [-0.2, -0.15) is 20.5 Å². The van der Waals surface area contributed by atoms with Crippen molar-refractivity contribution < 1.29 is 9.53 Å². The predicted molar refractivity (Wildman–Crippen MR) is 73.3 cm³/mol. The van der Waals surface area contributed by atoms with Crippen molar-refractivity contribution in [2.75, 3.05) is 20.2 Å². The summed E-state index contributed by atoms with van der Waals surface area (Å²) >= 11 is 0. The van der Waals surface area contributed by atoms with Crippen LogP contribution >= 0.6 is 0 Å². The molecule has 1 saturated heterocycles. The van der Waals surface area contributed by atoms with E-state index in [4.69, 9.17) is 4.74 Å². The second kappa shape index (κ2) is 6.04. The number of carbonyl (C=O) groups excluding carboxylic acids is 1. The lowest BCUT2D eigenvalue weighted by atomic mass is 10.0. The topological polar surface area (TPSA) is 88.9 Å². The van der Waals surface area contributed by atoms with Gasteiger partial charge in [0.2, 0.25) is 5.91 Å². The molecule has 0 aromatic carbocycles. The molecule has 0 bridgehead atoms. The molecule has 2 aromatic heterocycles. The maximum atomic E-state index is 12.3. The van der Waals surface area contributed by atoms with Crippen molar-refractivity contribution >= 4 is 5.91 Å². The fourth-order valence-electron chi connectivity index (χ4n) is 2.69. The normalized spacial score (nSPS) is 21.9. The van der Waals surface area contributed by atoms with Crippen LogP contribution in [0.5, 0.6) is 0 Å². The highest BCUT2D eigenvalue weighted by molar-refractivity contribution is 5.76. The Kier molecular flexibility index (Phi) is 3.96. The average molecular weight is 290 g/mol. The summed E-state index contributed by atoms with van der Waals surface area (Å²) in [6.45, 7) is 1.80. The molecule has 0 radical (unpaired) electrons. The van der Waals surface area contributed by atoms with Gasteiger partial charge in [0.1, 0.15) is 0 Å². The van der Waals surface area contributed by atoms with Gasteiger partial charge < -0.3 is 9.64 Å². The van der Waals surface area contributed by atoms with E-state index in [1.54, 1.807) is 24.2 Å². The predicted octanol–water partition coefficient (Wildman–Crippen LogP) is 0.0323. The van der Waals surface area contributed by atoms with Crippen LogP contribution in [0.4, 0.5) is 0 Å². The number of amides is 1. The molecule has 3 rings (SSSR count). The first kappa shape index (κ1) is 13.7. The van der Waals surface area contributed by atoms with E-state index in [-0.39, 0.29) is 17.9 Å². The van der Waals surface area contributed by atoms with Gasteiger partial charge in [0, 0.05) is 45.6 Å². The molecule has 8 nitrogen and oxygen atoms in total. The van der Waals surface area contributed by atoms with Crippen molar-refractivity contribution in [3.63, 3.8) is 0 Å². The third-order valence-corrected chi connectivity index (χ3v) is 3.85. The molecule has 8 heteroatoms. The van der Waals surface area contributed by atoms with Gasteiger partial charge in [0.25, 0.3) is 0 Å². The summed E-state index contributed by atoms with van der Waals surface area (Å²) in [4.78, 5) is 14.1. The number of carbonyl (C=O) groups is 1. The molecule has 0 saturated carbocycles. The quantitative estimate of drug-likeness (QED) is 0.839. The number of methoxy groups -OCH3 is 1. The van der Waals surface area contributed by atoms with Gasteiger partial charge in [-0.1, -0.05) is 0 Å². The van der Waals surface area contributed by atoms with Crippen LogP contribution in [0.3, 0.4) is 0 Å². The van der Waals surface area contributed by atoms with Crippen LogP contribution < -0.4 is 0 Å². The van der Waals surface area contributed by atoms with Crippen molar-refractivity contribution in [1.82, 2.24) is 30.1 Å². The number of nitrogens with one attached hydrogen (secondary N) is 1. The Morgan fingerprint density at radius 3 is 3.10 bits per heavy atom. The molecular formula is C13H18N6O2. The van der Waals surface area contributed by atoms with Gasteiger partial charge >= 0.3 is 0 Å². The summed E-state index contributed by atoms with van der Waals surface area (Å²) in [6, 6.07) is 1.85. The van der Waals surface area contributed by atoms with Gasteiger partial charge in [-0.3, -0.25) is 9.48 Å². The van der Waals surface area contributed by atoms with E-state index < -0.39 is 0 Å². The number of aromatic nitrogens is 5. The van der Waals surface area contributed by atoms with Crippen LogP contribution in [-0.4, -0.2) is 62.3 Å². The second-order valence-electron chi connectivity index (χ2n) is 5.09.